The molecule has 0 unspecified atom stereocenters. The molecule has 6 heteroatoms. The molecule has 2 rings (SSSR count). The van der Waals surface area contributed by atoms with E-state index in [9.17, 15) is 9.59 Å². The van der Waals surface area contributed by atoms with Gasteiger partial charge in [-0.1, -0.05) is 19.1 Å². The Hall–Kier alpha value is -2.24. The number of ether oxygens (including phenoxy) is 1. The van der Waals surface area contributed by atoms with E-state index < -0.39 is 0 Å². The first kappa shape index (κ1) is 16.1. The first-order valence-electron chi connectivity index (χ1n) is 7.61. The normalized spacial score (nSPS) is 15.3. The number of urea groups is 1. The van der Waals surface area contributed by atoms with Crippen LogP contribution in [0.5, 0.6) is 0 Å². The van der Waals surface area contributed by atoms with Gasteiger partial charge in [0.25, 0.3) is 0 Å². The van der Waals surface area contributed by atoms with Crippen LogP contribution in [0.15, 0.2) is 24.3 Å². The lowest BCUT2D eigenvalue weighted by Crippen LogP contribution is -2.47. The molecular weight excluding hydrogens is 282 g/mol. The van der Waals surface area contributed by atoms with Crippen molar-refractivity contribution in [2.75, 3.05) is 25.5 Å². The molecule has 0 aromatic heterocycles. The Kier molecular flexibility index (Phi) is 5.63. The van der Waals surface area contributed by atoms with Crippen molar-refractivity contribution in [1.82, 2.24) is 10.2 Å². The van der Waals surface area contributed by atoms with E-state index in [-0.39, 0.29) is 18.2 Å². The number of anilines is 1. The summed E-state index contributed by atoms with van der Waals surface area (Å²) in [5.41, 5.74) is 2.02. The standard InChI is InChI=1S/C16H23N3O3/c1-3-12-4-6-13(7-5-12)17-15(20)18-14-8-10-19(11-9-14)16(21)22-2/h4-7,14H,3,8-11H2,1-2H3,(H2,17,18,20). The molecule has 0 spiro atoms. The summed E-state index contributed by atoms with van der Waals surface area (Å²) in [5.74, 6) is 0. The van der Waals surface area contributed by atoms with E-state index >= 15 is 0 Å². The average molecular weight is 305 g/mol. The Balaban J connectivity index is 1.77. The summed E-state index contributed by atoms with van der Waals surface area (Å²) in [7, 11) is 1.38. The van der Waals surface area contributed by atoms with Crippen LogP contribution in [0.3, 0.4) is 0 Å². The zero-order valence-corrected chi connectivity index (χ0v) is 13.1. The Morgan fingerprint density at radius 3 is 2.41 bits per heavy atom. The molecule has 0 aliphatic carbocycles. The van der Waals surface area contributed by atoms with Crippen LogP contribution in [0.4, 0.5) is 15.3 Å². The Morgan fingerprint density at radius 1 is 1.23 bits per heavy atom. The van der Waals surface area contributed by atoms with Crippen molar-refractivity contribution in [1.29, 1.82) is 0 Å². The molecule has 0 atom stereocenters. The third-order valence-electron chi connectivity index (χ3n) is 3.88. The molecule has 3 amide bonds. The van der Waals surface area contributed by atoms with Crippen molar-refractivity contribution >= 4 is 17.8 Å². The summed E-state index contributed by atoms with van der Waals surface area (Å²) >= 11 is 0. The van der Waals surface area contributed by atoms with E-state index in [0.29, 0.717) is 13.1 Å². The summed E-state index contributed by atoms with van der Waals surface area (Å²) in [4.78, 5) is 25.0. The number of benzene rings is 1. The minimum Gasteiger partial charge on any atom is -0.453 e. The molecule has 1 heterocycles. The average Bonchev–Trinajstić information content (AvgIpc) is 2.55. The van der Waals surface area contributed by atoms with Gasteiger partial charge in [0.2, 0.25) is 0 Å². The van der Waals surface area contributed by atoms with Crippen molar-refractivity contribution in [3.63, 3.8) is 0 Å². The van der Waals surface area contributed by atoms with Gasteiger partial charge in [0.05, 0.1) is 7.11 Å². The second kappa shape index (κ2) is 7.68. The molecule has 1 aromatic carbocycles. The number of hydrogen-bond donors (Lipinski definition) is 2. The minimum atomic E-state index is -0.307. The molecule has 120 valence electrons. The number of hydrogen-bond acceptors (Lipinski definition) is 3. The number of methoxy groups -OCH3 is 1. The van der Waals surface area contributed by atoms with Crippen molar-refractivity contribution in [2.45, 2.75) is 32.2 Å². The fourth-order valence-electron chi connectivity index (χ4n) is 2.51. The third kappa shape index (κ3) is 4.38. The quantitative estimate of drug-likeness (QED) is 0.901. The highest BCUT2D eigenvalue weighted by atomic mass is 16.5. The molecule has 2 N–H and O–H groups in total. The van der Waals surface area contributed by atoms with Gasteiger partial charge < -0.3 is 20.3 Å². The summed E-state index contributed by atoms with van der Waals surface area (Å²) in [6.45, 7) is 3.29. The zero-order chi connectivity index (χ0) is 15.9. The van der Waals surface area contributed by atoms with E-state index in [1.165, 1.54) is 12.7 Å². The van der Waals surface area contributed by atoms with E-state index in [2.05, 4.69) is 17.6 Å². The summed E-state index contributed by atoms with van der Waals surface area (Å²) in [6, 6.07) is 7.68. The molecular formula is C16H23N3O3. The maximum Gasteiger partial charge on any atom is 0.409 e. The number of nitrogens with one attached hydrogen (secondary N) is 2. The van der Waals surface area contributed by atoms with Crippen molar-refractivity contribution in [2.24, 2.45) is 0 Å². The molecule has 0 bridgehead atoms. The van der Waals surface area contributed by atoms with Crippen LogP contribution in [0.2, 0.25) is 0 Å². The van der Waals surface area contributed by atoms with Crippen LogP contribution in [-0.4, -0.2) is 43.3 Å². The van der Waals surface area contributed by atoms with E-state index in [4.69, 9.17) is 4.74 Å². The lowest BCUT2D eigenvalue weighted by Gasteiger charge is -2.31. The van der Waals surface area contributed by atoms with E-state index in [1.807, 2.05) is 24.3 Å². The Morgan fingerprint density at radius 2 is 1.86 bits per heavy atom. The molecule has 0 saturated carbocycles. The van der Waals surface area contributed by atoms with Crippen LogP contribution in [0.25, 0.3) is 0 Å². The molecule has 1 aromatic rings. The monoisotopic (exact) mass is 305 g/mol. The first-order valence-corrected chi connectivity index (χ1v) is 7.61. The zero-order valence-electron chi connectivity index (χ0n) is 13.1. The summed E-state index contributed by atoms with van der Waals surface area (Å²) in [6.07, 6.45) is 2.14. The summed E-state index contributed by atoms with van der Waals surface area (Å²) in [5, 5.41) is 5.77. The molecule has 0 radical (unpaired) electrons. The maximum atomic E-state index is 12.0. The minimum absolute atomic E-state index is 0.0795. The van der Waals surface area contributed by atoms with Gasteiger partial charge in [-0.2, -0.15) is 0 Å². The van der Waals surface area contributed by atoms with Gasteiger partial charge in [0, 0.05) is 24.8 Å². The predicted octanol–water partition coefficient (Wildman–Crippen LogP) is 2.60. The molecule has 1 fully saturated rings. The van der Waals surface area contributed by atoms with Crippen molar-refractivity contribution in [3.05, 3.63) is 29.8 Å². The Bertz CT molecular complexity index is 508. The number of carbonyl (C=O) groups excluding carboxylic acids is 2. The highest BCUT2D eigenvalue weighted by Gasteiger charge is 2.24. The number of piperidine rings is 1. The predicted molar refractivity (Wildman–Crippen MR) is 85.0 cm³/mol. The second-order valence-electron chi connectivity index (χ2n) is 5.38. The van der Waals surface area contributed by atoms with Crippen molar-refractivity contribution in [3.8, 4) is 0 Å². The van der Waals surface area contributed by atoms with Gasteiger partial charge >= 0.3 is 12.1 Å². The molecule has 22 heavy (non-hydrogen) atoms. The lowest BCUT2D eigenvalue weighted by molar-refractivity contribution is 0.110. The number of aryl methyl sites for hydroxylation is 1. The second-order valence-corrected chi connectivity index (χ2v) is 5.38. The lowest BCUT2D eigenvalue weighted by atomic mass is 10.1. The van der Waals surface area contributed by atoms with E-state index in [0.717, 1.165) is 24.9 Å². The van der Waals surface area contributed by atoms with Gasteiger partial charge in [-0.05, 0) is 37.0 Å². The van der Waals surface area contributed by atoms with E-state index in [1.54, 1.807) is 4.90 Å². The van der Waals surface area contributed by atoms with Crippen LogP contribution < -0.4 is 10.6 Å². The van der Waals surface area contributed by atoms with Crippen LogP contribution in [0, 0.1) is 0 Å². The van der Waals surface area contributed by atoms with Gasteiger partial charge in [0.15, 0.2) is 0 Å². The number of nitrogens with zero attached hydrogens (tertiary/aromatic N) is 1. The van der Waals surface area contributed by atoms with Gasteiger partial charge in [-0.25, -0.2) is 9.59 Å². The SMILES string of the molecule is CCc1ccc(NC(=O)NC2CCN(C(=O)OC)CC2)cc1. The third-order valence-corrected chi connectivity index (χ3v) is 3.88. The molecule has 6 nitrogen and oxygen atoms in total. The smallest absolute Gasteiger partial charge is 0.409 e. The fraction of sp³-hybridized carbons (Fsp3) is 0.500. The molecule has 1 aliphatic heterocycles. The van der Waals surface area contributed by atoms with Gasteiger partial charge in [0.1, 0.15) is 0 Å². The number of carbonyl (C=O) groups is 2. The van der Waals surface area contributed by atoms with Crippen LogP contribution in [0.1, 0.15) is 25.3 Å². The van der Waals surface area contributed by atoms with Gasteiger partial charge in [-0.15, -0.1) is 0 Å². The fourth-order valence-corrected chi connectivity index (χ4v) is 2.51. The number of likely N-dealkylation sites (tertiary alicyclic amines) is 1. The first-order chi connectivity index (χ1) is 10.6. The largest absolute Gasteiger partial charge is 0.453 e. The highest BCUT2D eigenvalue weighted by molar-refractivity contribution is 5.89. The number of amides is 3. The molecule has 1 aliphatic rings. The summed E-state index contributed by atoms with van der Waals surface area (Å²) < 4.78 is 4.69. The number of rotatable bonds is 3. The Labute approximate surface area is 130 Å². The highest BCUT2D eigenvalue weighted by Crippen LogP contribution is 2.13. The van der Waals surface area contributed by atoms with Crippen LogP contribution in [-0.2, 0) is 11.2 Å². The van der Waals surface area contributed by atoms with Crippen LogP contribution >= 0.6 is 0 Å². The molecule has 1 saturated heterocycles. The van der Waals surface area contributed by atoms with Gasteiger partial charge in [-0.3, -0.25) is 0 Å². The van der Waals surface area contributed by atoms with Crippen molar-refractivity contribution < 1.29 is 14.3 Å². The topological polar surface area (TPSA) is 70.7 Å². The maximum absolute atomic E-state index is 12.0.